The molecule has 1 aliphatic rings. The van der Waals surface area contributed by atoms with Gasteiger partial charge in [0.25, 0.3) is 0 Å². The number of alkyl halides is 9. The molecular formula is C32H31F9N4O5. The van der Waals surface area contributed by atoms with Gasteiger partial charge in [-0.05, 0) is 80.1 Å². The standard InChI is InChI=1S/C32H31F9N4O5/c1-3-29(10-9-20-14-21(30(33,34)35)7-8-25(20)45(29)28(48)49-4-2)44(27-42-16-24(17-43-27)50-11-5-6-26(46)47)18-19-12-22(31(36,37)38)15-23(13-19)32(39,40)41/h7-8,12-17H,3-6,9-11,18H2,1-2H3,(H,46,47)/t29-/m1/s1. The molecule has 50 heavy (non-hydrogen) atoms. The molecule has 3 aromatic rings. The maximum Gasteiger partial charge on any atom is 0.416 e. The van der Waals surface area contributed by atoms with Gasteiger partial charge in [0.1, 0.15) is 5.66 Å². The van der Waals surface area contributed by atoms with Gasteiger partial charge in [-0.2, -0.15) is 39.5 Å². The minimum Gasteiger partial charge on any atom is -0.490 e. The summed E-state index contributed by atoms with van der Waals surface area (Å²) < 4.78 is 135. The number of carbonyl (C=O) groups excluding carboxylic acids is 1. The first-order valence-corrected chi connectivity index (χ1v) is 15.2. The predicted octanol–water partition coefficient (Wildman–Crippen LogP) is 8.50. The second-order valence-electron chi connectivity index (χ2n) is 11.3. The molecule has 1 aromatic heterocycles. The van der Waals surface area contributed by atoms with Crippen LogP contribution in [0.1, 0.15) is 67.3 Å². The second-order valence-corrected chi connectivity index (χ2v) is 11.3. The Balaban J connectivity index is 1.91. The fourth-order valence-corrected chi connectivity index (χ4v) is 5.72. The molecule has 2 aromatic carbocycles. The topological polar surface area (TPSA) is 105 Å². The van der Waals surface area contributed by atoms with Crippen molar-refractivity contribution < 1.29 is 63.7 Å². The van der Waals surface area contributed by atoms with Crippen molar-refractivity contribution in [2.24, 2.45) is 0 Å². The van der Waals surface area contributed by atoms with Crippen molar-refractivity contribution in [3.05, 3.63) is 76.6 Å². The SMILES string of the molecule is CCOC(=O)N1c2ccc(C(F)(F)F)cc2CC[C@]1(CC)N(Cc1cc(C(F)(F)F)cc(C(F)(F)F)c1)c1ncc(OCCCC(=O)O)cn1. The average molecular weight is 723 g/mol. The molecule has 1 aliphatic heterocycles. The number of carbonyl (C=O) groups is 2. The van der Waals surface area contributed by atoms with Crippen molar-refractivity contribution in [1.82, 2.24) is 9.97 Å². The highest BCUT2D eigenvalue weighted by Gasteiger charge is 2.50. The van der Waals surface area contributed by atoms with Crippen LogP contribution in [0, 0.1) is 0 Å². The number of benzene rings is 2. The number of ether oxygens (including phenoxy) is 2. The lowest BCUT2D eigenvalue weighted by Crippen LogP contribution is -2.65. The fraction of sp³-hybridized carbons (Fsp3) is 0.438. The van der Waals surface area contributed by atoms with Gasteiger partial charge in [0, 0.05) is 13.0 Å². The number of fused-ring (bicyclic) bond motifs is 1. The highest BCUT2D eigenvalue weighted by Crippen LogP contribution is 2.46. The van der Waals surface area contributed by atoms with E-state index in [2.05, 4.69) is 9.97 Å². The zero-order valence-electron chi connectivity index (χ0n) is 26.5. The molecule has 0 spiro atoms. The molecule has 1 amide bonds. The van der Waals surface area contributed by atoms with Gasteiger partial charge in [-0.1, -0.05) is 6.92 Å². The van der Waals surface area contributed by atoms with Crippen LogP contribution in [0.15, 0.2) is 48.8 Å². The van der Waals surface area contributed by atoms with Crippen molar-refractivity contribution in [1.29, 1.82) is 0 Å². The Labute approximate surface area is 279 Å². The number of hydrogen-bond donors (Lipinski definition) is 1. The lowest BCUT2D eigenvalue weighted by molar-refractivity contribution is -0.143. The predicted molar refractivity (Wildman–Crippen MR) is 159 cm³/mol. The summed E-state index contributed by atoms with van der Waals surface area (Å²) in [7, 11) is 0. The summed E-state index contributed by atoms with van der Waals surface area (Å²) in [6.45, 7) is 2.08. The minimum atomic E-state index is -5.17. The third-order valence-corrected chi connectivity index (χ3v) is 8.03. The van der Waals surface area contributed by atoms with E-state index in [0.29, 0.717) is 12.1 Å². The fourth-order valence-electron chi connectivity index (χ4n) is 5.72. The monoisotopic (exact) mass is 722 g/mol. The van der Waals surface area contributed by atoms with Crippen molar-refractivity contribution >= 4 is 23.7 Å². The lowest BCUT2D eigenvalue weighted by atomic mass is 9.86. The molecule has 18 heteroatoms. The van der Waals surface area contributed by atoms with Crippen molar-refractivity contribution in [2.75, 3.05) is 23.0 Å². The summed E-state index contributed by atoms with van der Waals surface area (Å²) in [4.78, 5) is 35.2. The Hall–Kier alpha value is -4.77. The number of aromatic nitrogens is 2. The van der Waals surface area contributed by atoms with Crippen LogP contribution in [0.5, 0.6) is 5.75 Å². The number of aliphatic carboxylic acids is 1. The molecule has 2 heterocycles. The van der Waals surface area contributed by atoms with Gasteiger partial charge in [-0.15, -0.1) is 0 Å². The van der Waals surface area contributed by atoms with E-state index in [1.165, 1.54) is 11.8 Å². The summed E-state index contributed by atoms with van der Waals surface area (Å²) in [5.74, 6) is -1.28. The highest BCUT2D eigenvalue weighted by molar-refractivity contribution is 5.92. The van der Waals surface area contributed by atoms with Gasteiger partial charge in [0.2, 0.25) is 5.95 Å². The number of nitrogens with zero attached hydrogens (tertiary/aromatic N) is 4. The first kappa shape index (κ1) is 38.0. The van der Waals surface area contributed by atoms with E-state index in [1.54, 1.807) is 6.92 Å². The van der Waals surface area contributed by atoms with Crippen molar-refractivity contribution in [2.45, 2.75) is 76.7 Å². The van der Waals surface area contributed by atoms with Crippen molar-refractivity contribution in [3.8, 4) is 5.75 Å². The van der Waals surface area contributed by atoms with Crippen LogP contribution in [0.2, 0.25) is 0 Å². The van der Waals surface area contributed by atoms with E-state index in [1.807, 2.05) is 0 Å². The Kier molecular flexibility index (Phi) is 11.1. The number of rotatable bonds is 11. The first-order valence-electron chi connectivity index (χ1n) is 15.2. The second kappa shape index (κ2) is 14.6. The van der Waals surface area contributed by atoms with Gasteiger partial charge < -0.3 is 19.5 Å². The van der Waals surface area contributed by atoms with Crippen LogP contribution in [-0.4, -0.2) is 46.0 Å². The number of carboxylic acid groups (broad SMARTS) is 1. The summed E-state index contributed by atoms with van der Waals surface area (Å²) in [6.07, 6.45) is -14.2. The van der Waals surface area contributed by atoms with E-state index in [0.717, 1.165) is 35.5 Å². The summed E-state index contributed by atoms with van der Waals surface area (Å²) in [5.41, 5.74) is -6.28. The molecule has 0 fully saturated rings. The number of aryl methyl sites for hydroxylation is 1. The number of halogens is 9. The molecule has 0 saturated heterocycles. The molecule has 1 N–H and O–H groups in total. The first-order chi connectivity index (χ1) is 23.3. The highest BCUT2D eigenvalue weighted by atomic mass is 19.4. The Bertz CT molecular complexity index is 1650. The van der Waals surface area contributed by atoms with Crippen LogP contribution in [0.3, 0.4) is 0 Å². The summed E-state index contributed by atoms with van der Waals surface area (Å²) in [5, 5.41) is 8.83. The van der Waals surface area contributed by atoms with Crippen LogP contribution in [0.25, 0.3) is 0 Å². The normalized spacial score (nSPS) is 16.5. The molecule has 0 aliphatic carbocycles. The molecule has 0 radical (unpaired) electrons. The van der Waals surface area contributed by atoms with Crippen LogP contribution < -0.4 is 14.5 Å². The Morgan fingerprint density at radius 1 is 0.900 bits per heavy atom. The van der Waals surface area contributed by atoms with E-state index >= 15 is 0 Å². The van der Waals surface area contributed by atoms with Gasteiger partial charge in [0.05, 0.1) is 48.0 Å². The zero-order valence-corrected chi connectivity index (χ0v) is 26.5. The van der Waals surface area contributed by atoms with Gasteiger partial charge in [0.15, 0.2) is 5.75 Å². The van der Waals surface area contributed by atoms with Gasteiger partial charge in [-0.3, -0.25) is 9.69 Å². The minimum absolute atomic E-state index is 0.0204. The third kappa shape index (κ3) is 8.50. The van der Waals surface area contributed by atoms with E-state index in [4.69, 9.17) is 14.6 Å². The summed E-state index contributed by atoms with van der Waals surface area (Å²) >= 11 is 0. The summed E-state index contributed by atoms with van der Waals surface area (Å²) in [6, 6.07) is 3.67. The van der Waals surface area contributed by atoms with E-state index in [-0.39, 0.29) is 74.3 Å². The number of hydrogen-bond acceptors (Lipinski definition) is 7. The van der Waals surface area contributed by atoms with E-state index in [9.17, 15) is 49.1 Å². The molecule has 1 atom stereocenters. The Morgan fingerprint density at radius 3 is 2.02 bits per heavy atom. The molecule has 4 rings (SSSR count). The smallest absolute Gasteiger partial charge is 0.416 e. The lowest BCUT2D eigenvalue weighted by Gasteiger charge is -2.52. The Morgan fingerprint density at radius 2 is 1.50 bits per heavy atom. The third-order valence-electron chi connectivity index (χ3n) is 8.03. The quantitative estimate of drug-likeness (QED) is 0.155. The maximum atomic E-state index is 13.8. The molecule has 0 saturated carbocycles. The van der Waals surface area contributed by atoms with E-state index < -0.39 is 65.1 Å². The molecule has 272 valence electrons. The molecule has 0 unspecified atom stereocenters. The molecular weight excluding hydrogens is 691 g/mol. The van der Waals surface area contributed by atoms with Crippen LogP contribution in [-0.2, 0) is 41.0 Å². The molecule has 9 nitrogen and oxygen atoms in total. The number of amides is 1. The van der Waals surface area contributed by atoms with Gasteiger partial charge in [-0.25, -0.2) is 14.8 Å². The van der Waals surface area contributed by atoms with Crippen molar-refractivity contribution in [3.63, 3.8) is 0 Å². The van der Waals surface area contributed by atoms with Gasteiger partial charge >= 0.3 is 30.6 Å². The van der Waals surface area contributed by atoms with Crippen LogP contribution in [0.4, 0.5) is 55.9 Å². The van der Waals surface area contributed by atoms with Crippen LogP contribution >= 0.6 is 0 Å². The zero-order chi connectivity index (χ0) is 37.1. The maximum absolute atomic E-state index is 13.8. The number of carboxylic acids is 1. The average Bonchev–Trinajstić information content (AvgIpc) is 3.04. The number of anilines is 2. The molecule has 0 bridgehead atoms. The largest absolute Gasteiger partial charge is 0.490 e.